The highest BCUT2D eigenvalue weighted by molar-refractivity contribution is 6.01. The van der Waals surface area contributed by atoms with Crippen LogP contribution in [0.2, 0.25) is 0 Å². The Bertz CT molecular complexity index is 1820. The number of pyridine rings is 2. The summed E-state index contributed by atoms with van der Waals surface area (Å²) in [4.78, 5) is 24.4. The van der Waals surface area contributed by atoms with E-state index in [2.05, 4.69) is 30.5 Å². The summed E-state index contributed by atoms with van der Waals surface area (Å²) in [6, 6.07) is 15.6. The first-order valence-electron chi connectivity index (χ1n) is 12.7. The van der Waals surface area contributed by atoms with Gasteiger partial charge >= 0.3 is 0 Å². The highest BCUT2D eigenvalue weighted by Gasteiger charge is 2.15. The number of hydrogen-bond donors (Lipinski definition) is 4. The van der Waals surface area contributed by atoms with Crippen molar-refractivity contribution in [2.45, 2.75) is 26.2 Å². The lowest BCUT2D eigenvalue weighted by atomic mass is 10.0. The summed E-state index contributed by atoms with van der Waals surface area (Å²) in [5, 5.41) is 22.0. The van der Waals surface area contributed by atoms with Crippen LogP contribution in [0.15, 0.2) is 73.2 Å². The van der Waals surface area contributed by atoms with Crippen LogP contribution in [0.1, 0.15) is 26.2 Å². The molecule has 2 aromatic carbocycles. The van der Waals surface area contributed by atoms with Crippen molar-refractivity contribution in [3.63, 3.8) is 0 Å². The van der Waals surface area contributed by atoms with Crippen molar-refractivity contribution >= 4 is 33.5 Å². The first-order chi connectivity index (χ1) is 19.0. The fourth-order valence-corrected chi connectivity index (χ4v) is 4.76. The molecule has 4 heterocycles. The zero-order chi connectivity index (χ0) is 26.9. The zero-order valence-corrected chi connectivity index (χ0v) is 21.1. The molecule has 0 aliphatic carbocycles. The maximum absolute atomic E-state index is 14.0. The molecule has 0 fully saturated rings. The summed E-state index contributed by atoms with van der Waals surface area (Å²) in [6.07, 6.45) is 7.35. The normalized spacial score (nSPS) is 11.3. The number of phenols is 1. The Morgan fingerprint density at radius 1 is 1.00 bits per heavy atom. The van der Waals surface area contributed by atoms with Crippen molar-refractivity contribution in [2.24, 2.45) is 0 Å². The molecule has 0 aliphatic rings. The van der Waals surface area contributed by atoms with E-state index in [9.17, 15) is 14.3 Å². The number of benzene rings is 2. The number of nitrogens with zero attached hydrogens (tertiary/aromatic N) is 3. The van der Waals surface area contributed by atoms with Gasteiger partial charge in [-0.25, -0.2) is 9.37 Å². The lowest BCUT2D eigenvalue weighted by Crippen LogP contribution is -2.11. The second-order valence-corrected chi connectivity index (χ2v) is 9.46. The van der Waals surface area contributed by atoms with Gasteiger partial charge in [-0.3, -0.25) is 14.9 Å². The maximum Gasteiger partial charge on any atom is 0.224 e. The molecule has 0 bridgehead atoms. The van der Waals surface area contributed by atoms with E-state index < -0.39 is 5.82 Å². The Kier molecular flexibility index (Phi) is 6.24. The number of nitrogens with one attached hydrogen (secondary N) is 3. The van der Waals surface area contributed by atoms with E-state index in [1.165, 1.54) is 6.07 Å². The summed E-state index contributed by atoms with van der Waals surface area (Å²) in [7, 11) is 0. The van der Waals surface area contributed by atoms with Crippen LogP contribution in [0.3, 0.4) is 0 Å². The van der Waals surface area contributed by atoms with E-state index in [1.807, 2.05) is 43.3 Å². The van der Waals surface area contributed by atoms with E-state index in [0.29, 0.717) is 23.3 Å². The largest absolute Gasteiger partial charge is 0.508 e. The first-order valence-corrected chi connectivity index (χ1v) is 12.7. The Morgan fingerprint density at radius 2 is 1.87 bits per heavy atom. The number of aromatic amines is 2. The molecule has 0 radical (unpaired) electrons. The van der Waals surface area contributed by atoms with Crippen LogP contribution in [0.5, 0.6) is 5.75 Å². The molecule has 8 nitrogen and oxygen atoms in total. The Balaban J connectivity index is 1.38. The van der Waals surface area contributed by atoms with E-state index in [1.54, 1.807) is 24.7 Å². The number of aromatic hydroxyl groups is 1. The number of H-pyrrole nitrogens is 2. The fraction of sp³-hybridized carbons (Fsp3) is 0.133. The van der Waals surface area contributed by atoms with Crippen molar-refractivity contribution in [3.8, 4) is 39.4 Å². The molecule has 39 heavy (non-hydrogen) atoms. The van der Waals surface area contributed by atoms with Crippen molar-refractivity contribution in [3.05, 3.63) is 79.0 Å². The van der Waals surface area contributed by atoms with Gasteiger partial charge in [0.2, 0.25) is 5.91 Å². The summed E-state index contributed by atoms with van der Waals surface area (Å²) in [6.45, 7) is 2.05. The lowest BCUT2D eigenvalue weighted by Gasteiger charge is -2.07. The van der Waals surface area contributed by atoms with Gasteiger partial charge in [0.1, 0.15) is 11.6 Å². The van der Waals surface area contributed by atoms with Crippen molar-refractivity contribution in [1.29, 1.82) is 0 Å². The number of halogens is 1. The Morgan fingerprint density at radius 3 is 2.72 bits per heavy atom. The minimum atomic E-state index is -0.505. The smallest absolute Gasteiger partial charge is 0.224 e. The van der Waals surface area contributed by atoms with Gasteiger partial charge < -0.3 is 15.4 Å². The molecule has 6 aromatic rings. The standard InChI is InChI=1S/C30H25FN6O2/c1-2-3-7-28(39)34-21-9-18(14-32-16-21)19-11-25-29(36-37-30(25)33-15-19)27-13-24-23(5-4-6-26(24)35-27)17-8-20(31)12-22(38)10-17/h4-6,8-16,35,38H,2-3,7H2,1H3,(H,34,39)(H,33,36,37). The number of phenolic OH excluding ortho intramolecular Hbond substituents is 1. The summed E-state index contributed by atoms with van der Waals surface area (Å²) in [5.74, 6) is -0.668. The molecule has 6 rings (SSSR count). The first kappa shape index (κ1) is 24.3. The number of rotatable bonds is 7. The molecule has 9 heteroatoms. The third-order valence-corrected chi connectivity index (χ3v) is 6.65. The van der Waals surface area contributed by atoms with E-state index in [-0.39, 0.29) is 11.7 Å². The second-order valence-electron chi connectivity index (χ2n) is 9.46. The van der Waals surface area contributed by atoms with E-state index in [0.717, 1.165) is 63.3 Å². The lowest BCUT2D eigenvalue weighted by molar-refractivity contribution is -0.116. The molecule has 0 saturated heterocycles. The number of anilines is 1. The summed E-state index contributed by atoms with van der Waals surface area (Å²) >= 11 is 0. The minimum Gasteiger partial charge on any atom is -0.508 e. The number of carbonyl (C=O) groups excluding carboxylic acids is 1. The van der Waals surface area contributed by atoms with Gasteiger partial charge in [-0.1, -0.05) is 25.5 Å². The number of carbonyl (C=O) groups is 1. The van der Waals surface area contributed by atoms with E-state index in [4.69, 9.17) is 0 Å². The molecule has 0 unspecified atom stereocenters. The predicted molar refractivity (Wildman–Crippen MR) is 150 cm³/mol. The monoisotopic (exact) mass is 520 g/mol. The molecule has 194 valence electrons. The highest BCUT2D eigenvalue weighted by Crippen LogP contribution is 2.36. The van der Waals surface area contributed by atoms with Crippen LogP contribution in [0.25, 0.3) is 55.6 Å². The predicted octanol–water partition coefficient (Wildman–Crippen LogP) is 6.81. The molecule has 0 atom stereocenters. The molecular weight excluding hydrogens is 495 g/mol. The van der Waals surface area contributed by atoms with Crippen molar-refractivity contribution in [2.75, 3.05) is 5.32 Å². The molecule has 0 saturated carbocycles. The van der Waals surface area contributed by atoms with Crippen molar-refractivity contribution in [1.82, 2.24) is 25.1 Å². The maximum atomic E-state index is 14.0. The van der Waals surface area contributed by atoms with Crippen LogP contribution >= 0.6 is 0 Å². The van der Waals surface area contributed by atoms with Gasteiger partial charge in [-0.15, -0.1) is 0 Å². The average molecular weight is 521 g/mol. The van der Waals surface area contributed by atoms with Crippen LogP contribution in [0, 0.1) is 5.82 Å². The van der Waals surface area contributed by atoms with Gasteiger partial charge in [0, 0.05) is 52.3 Å². The third-order valence-electron chi connectivity index (χ3n) is 6.65. The number of unbranched alkanes of at least 4 members (excludes halogenated alkanes) is 1. The molecule has 4 aromatic heterocycles. The number of amides is 1. The fourth-order valence-electron chi connectivity index (χ4n) is 4.76. The van der Waals surface area contributed by atoms with Gasteiger partial charge in [-0.2, -0.15) is 5.10 Å². The molecule has 0 aliphatic heterocycles. The van der Waals surface area contributed by atoms with Gasteiger partial charge in [0.15, 0.2) is 5.65 Å². The van der Waals surface area contributed by atoms with Gasteiger partial charge in [-0.05, 0) is 53.9 Å². The van der Waals surface area contributed by atoms with Gasteiger partial charge in [0.25, 0.3) is 0 Å². The quantitative estimate of drug-likeness (QED) is 0.184. The third kappa shape index (κ3) is 4.82. The van der Waals surface area contributed by atoms with Gasteiger partial charge in [0.05, 0.1) is 23.3 Å². The average Bonchev–Trinajstić information content (AvgIpc) is 3.55. The Labute approximate surface area is 223 Å². The van der Waals surface area contributed by atoms with Crippen LogP contribution < -0.4 is 5.32 Å². The van der Waals surface area contributed by atoms with E-state index >= 15 is 0 Å². The number of aromatic nitrogens is 5. The second kappa shape index (κ2) is 10.0. The van der Waals surface area contributed by atoms with Crippen LogP contribution in [0.4, 0.5) is 10.1 Å². The topological polar surface area (TPSA) is 120 Å². The molecule has 1 amide bonds. The summed E-state index contributed by atoms with van der Waals surface area (Å²) in [5.41, 5.74) is 6.59. The molecular formula is C30H25FN6O2. The number of fused-ring (bicyclic) bond motifs is 2. The molecule has 4 N–H and O–H groups in total. The summed E-state index contributed by atoms with van der Waals surface area (Å²) < 4.78 is 14.0. The zero-order valence-electron chi connectivity index (χ0n) is 21.1. The number of hydrogen-bond acceptors (Lipinski definition) is 5. The van der Waals surface area contributed by atoms with Crippen molar-refractivity contribution < 1.29 is 14.3 Å². The highest BCUT2D eigenvalue weighted by atomic mass is 19.1. The van der Waals surface area contributed by atoms with Crippen LogP contribution in [-0.2, 0) is 4.79 Å². The van der Waals surface area contributed by atoms with Crippen LogP contribution in [-0.4, -0.2) is 36.2 Å². The minimum absolute atomic E-state index is 0.0341. The molecule has 0 spiro atoms. The Hall–Kier alpha value is -5.05. The SMILES string of the molecule is CCCCC(=O)Nc1cncc(-c2cnc3n[nH]c(-c4cc5c(-c6cc(O)cc(F)c6)cccc5[nH]4)c3c2)c1.